The van der Waals surface area contributed by atoms with Gasteiger partial charge in [-0.2, -0.15) is 0 Å². The smallest absolute Gasteiger partial charge is 0.303 e. The number of aliphatic carboxylic acids is 1. The lowest BCUT2D eigenvalue weighted by Gasteiger charge is -2.23. The first-order valence-corrected chi connectivity index (χ1v) is 6.37. The Morgan fingerprint density at radius 1 is 1.32 bits per heavy atom. The van der Waals surface area contributed by atoms with E-state index in [1.165, 1.54) is 0 Å². The Labute approximate surface area is 114 Å². The monoisotopic (exact) mass is 266 g/mol. The minimum atomic E-state index is -0.797. The number of hydrogen-bond acceptors (Lipinski definition) is 3. The third-order valence-corrected chi connectivity index (χ3v) is 2.79. The van der Waals surface area contributed by atoms with Crippen LogP contribution in [0.4, 0.5) is 0 Å². The van der Waals surface area contributed by atoms with E-state index in [1.807, 2.05) is 18.2 Å². The minimum Gasteiger partial charge on any atom is -0.497 e. The molecule has 1 N–H and O–H groups in total. The van der Waals surface area contributed by atoms with Crippen LogP contribution in [0.2, 0.25) is 0 Å². The number of carboxylic acid groups (broad SMARTS) is 1. The molecule has 0 heterocycles. The molecule has 4 heteroatoms. The summed E-state index contributed by atoms with van der Waals surface area (Å²) in [5.41, 5.74) is 0.999. The molecule has 0 fully saturated rings. The van der Waals surface area contributed by atoms with Gasteiger partial charge in [0.1, 0.15) is 11.5 Å². The minimum absolute atomic E-state index is 0.0589. The van der Waals surface area contributed by atoms with E-state index >= 15 is 0 Å². The van der Waals surface area contributed by atoms with Gasteiger partial charge < -0.3 is 14.6 Å². The molecule has 0 atom stereocenters. The van der Waals surface area contributed by atoms with Gasteiger partial charge in [0.05, 0.1) is 13.7 Å². The Morgan fingerprint density at radius 3 is 2.53 bits per heavy atom. The molecule has 0 aromatic heterocycles. The second-order valence-electron chi connectivity index (χ2n) is 5.46. The zero-order valence-electron chi connectivity index (χ0n) is 12.0. The number of carbonyl (C=O) groups is 1. The lowest BCUT2D eigenvalue weighted by molar-refractivity contribution is -0.137. The molecule has 0 aliphatic heterocycles. The summed E-state index contributed by atoms with van der Waals surface area (Å²) in [5.74, 6) is 0.788. The van der Waals surface area contributed by atoms with Gasteiger partial charge in [0.15, 0.2) is 0 Å². The topological polar surface area (TPSA) is 55.8 Å². The van der Waals surface area contributed by atoms with Crippen LogP contribution in [0.25, 0.3) is 0 Å². The van der Waals surface area contributed by atoms with Crippen LogP contribution in [-0.4, -0.2) is 24.8 Å². The highest BCUT2D eigenvalue weighted by Gasteiger charge is 2.20. The summed E-state index contributed by atoms with van der Waals surface area (Å²) in [6.45, 7) is 6.71. The number of benzene rings is 1. The molecule has 0 unspecified atom stereocenters. The van der Waals surface area contributed by atoms with Crippen molar-refractivity contribution in [3.8, 4) is 11.5 Å². The van der Waals surface area contributed by atoms with Crippen LogP contribution >= 0.6 is 0 Å². The van der Waals surface area contributed by atoms with Gasteiger partial charge in [-0.05, 0) is 30.0 Å². The van der Waals surface area contributed by atoms with Crippen LogP contribution in [0.5, 0.6) is 11.5 Å². The van der Waals surface area contributed by atoms with Crippen LogP contribution in [0.15, 0.2) is 18.2 Å². The molecule has 1 aromatic rings. The van der Waals surface area contributed by atoms with Gasteiger partial charge in [0, 0.05) is 12.0 Å². The zero-order chi connectivity index (χ0) is 14.5. The van der Waals surface area contributed by atoms with Gasteiger partial charge in [0.25, 0.3) is 0 Å². The maximum Gasteiger partial charge on any atom is 0.303 e. The van der Waals surface area contributed by atoms with E-state index in [-0.39, 0.29) is 11.8 Å². The Hall–Kier alpha value is -1.71. The highest BCUT2D eigenvalue weighted by molar-refractivity contribution is 5.66. The molecule has 0 aliphatic carbocycles. The molecule has 0 saturated heterocycles. The highest BCUT2D eigenvalue weighted by Crippen LogP contribution is 2.34. The average Bonchev–Trinajstić information content (AvgIpc) is 2.33. The van der Waals surface area contributed by atoms with Gasteiger partial charge in [-0.3, -0.25) is 4.79 Å². The van der Waals surface area contributed by atoms with Crippen molar-refractivity contribution in [3.63, 3.8) is 0 Å². The standard InChI is InChI=1S/C15H22O4/c1-15(2,3)12-10-11(18-4)7-8-13(12)19-9-5-6-14(16)17/h7-8,10H,5-6,9H2,1-4H3,(H,16,17). The van der Waals surface area contributed by atoms with E-state index in [9.17, 15) is 4.79 Å². The van der Waals surface area contributed by atoms with E-state index in [2.05, 4.69) is 20.8 Å². The van der Waals surface area contributed by atoms with Crippen molar-refractivity contribution in [3.05, 3.63) is 23.8 Å². The van der Waals surface area contributed by atoms with Crippen molar-refractivity contribution in [2.75, 3.05) is 13.7 Å². The first-order valence-electron chi connectivity index (χ1n) is 6.37. The first kappa shape index (κ1) is 15.3. The molecule has 19 heavy (non-hydrogen) atoms. The van der Waals surface area contributed by atoms with Crippen molar-refractivity contribution in [1.29, 1.82) is 0 Å². The molecule has 0 saturated carbocycles. The fraction of sp³-hybridized carbons (Fsp3) is 0.533. The molecular formula is C15H22O4. The summed E-state index contributed by atoms with van der Waals surface area (Å²) in [6.07, 6.45) is 0.631. The Bertz CT molecular complexity index is 432. The molecule has 0 radical (unpaired) electrons. The second kappa shape index (κ2) is 6.45. The lowest BCUT2D eigenvalue weighted by Crippen LogP contribution is -2.14. The van der Waals surface area contributed by atoms with Crippen molar-refractivity contribution >= 4 is 5.97 Å². The van der Waals surface area contributed by atoms with E-state index in [0.717, 1.165) is 17.1 Å². The quantitative estimate of drug-likeness (QED) is 0.803. The third-order valence-electron chi connectivity index (χ3n) is 2.79. The Kier molecular flexibility index (Phi) is 5.21. The molecule has 0 amide bonds. The van der Waals surface area contributed by atoms with E-state index in [1.54, 1.807) is 7.11 Å². The summed E-state index contributed by atoms with van der Waals surface area (Å²) in [6, 6.07) is 5.69. The number of carboxylic acids is 1. The van der Waals surface area contributed by atoms with E-state index < -0.39 is 5.97 Å². The summed E-state index contributed by atoms with van der Waals surface area (Å²) in [5, 5.41) is 8.59. The summed E-state index contributed by atoms with van der Waals surface area (Å²) in [7, 11) is 1.63. The largest absolute Gasteiger partial charge is 0.497 e. The summed E-state index contributed by atoms with van der Waals surface area (Å²) in [4.78, 5) is 10.4. The number of hydrogen-bond donors (Lipinski definition) is 1. The third kappa shape index (κ3) is 4.81. The van der Waals surface area contributed by atoms with Crippen molar-refractivity contribution in [1.82, 2.24) is 0 Å². The SMILES string of the molecule is COc1ccc(OCCCC(=O)O)c(C(C)(C)C)c1. The molecule has 106 valence electrons. The van der Waals surface area contributed by atoms with Crippen LogP contribution in [0, 0.1) is 0 Å². The molecule has 0 spiro atoms. The second-order valence-corrected chi connectivity index (χ2v) is 5.46. The summed E-state index contributed by atoms with van der Waals surface area (Å²) < 4.78 is 10.9. The van der Waals surface area contributed by atoms with Gasteiger partial charge in [-0.15, -0.1) is 0 Å². The van der Waals surface area contributed by atoms with Crippen LogP contribution in [-0.2, 0) is 10.2 Å². The van der Waals surface area contributed by atoms with Crippen LogP contribution < -0.4 is 9.47 Å². The van der Waals surface area contributed by atoms with Gasteiger partial charge in [-0.25, -0.2) is 0 Å². The predicted octanol–water partition coefficient (Wildman–Crippen LogP) is 3.24. The van der Waals surface area contributed by atoms with Gasteiger partial charge >= 0.3 is 5.97 Å². The van der Waals surface area contributed by atoms with E-state index in [4.69, 9.17) is 14.6 Å². The van der Waals surface area contributed by atoms with Crippen LogP contribution in [0.1, 0.15) is 39.2 Å². The molecule has 0 bridgehead atoms. The molecule has 1 rings (SSSR count). The maximum absolute atomic E-state index is 10.4. The lowest BCUT2D eigenvalue weighted by atomic mass is 9.86. The maximum atomic E-state index is 10.4. The Morgan fingerprint density at radius 2 is 2.00 bits per heavy atom. The molecule has 0 aliphatic rings. The number of rotatable bonds is 6. The molecule has 1 aromatic carbocycles. The fourth-order valence-corrected chi connectivity index (χ4v) is 1.75. The van der Waals surface area contributed by atoms with E-state index in [0.29, 0.717) is 13.0 Å². The Balaban J connectivity index is 2.79. The molecule has 4 nitrogen and oxygen atoms in total. The van der Waals surface area contributed by atoms with Crippen molar-refractivity contribution in [2.24, 2.45) is 0 Å². The van der Waals surface area contributed by atoms with Gasteiger partial charge in [-0.1, -0.05) is 20.8 Å². The van der Waals surface area contributed by atoms with Gasteiger partial charge in [0.2, 0.25) is 0 Å². The first-order chi connectivity index (χ1) is 8.84. The number of methoxy groups -OCH3 is 1. The summed E-state index contributed by atoms with van der Waals surface area (Å²) >= 11 is 0. The van der Waals surface area contributed by atoms with Crippen LogP contribution in [0.3, 0.4) is 0 Å². The predicted molar refractivity (Wildman–Crippen MR) is 74.1 cm³/mol. The van der Waals surface area contributed by atoms with Crippen molar-refractivity contribution in [2.45, 2.75) is 39.0 Å². The normalized spacial score (nSPS) is 11.2. The average molecular weight is 266 g/mol. The van der Waals surface area contributed by atoms with Crippen molar-refractivity contribution < 1.29 is 19.4 Å². The zero-order valence-corrected chi connectivity index (χ0v) is 12.0. The molecular weight excluding hydrogens is 244 g/mol. The number of ether oxygens (including phenoxy) is 2. The fourth-order valence-electron chi connectivity index (χ4n) is 1.75. The highest BCUT2D eigenvalue weighted by atomic mass is 16.5.